The van der Waals surface area contributed by atoms with Crippen molar-refractivity contribution in [3.63, 3.8) is 0 Å². The summed E-state index contributed by atoms with van der Waals surface area (Å²) in [7, 11) is 0. The Bertz CT molecular complexity index is 473. The van der Waals surface area contributed by atoms with Crippen molar-refractivity contribution in [2.24, 2.45) is 0 Å². The molecule has 0 aliphatic carbocycles. The fourth-order valence-electron chi connectivity index (χ4n) is 3.19. The van der Waals surface area contributed by atoms with Gasteiger partial charge in [-0.15, -0.1) is 11.3 Å². The molecule has 1 N–H and O–H groups in total. The first-order valence-corrected chi connectivity index (χ1v) is 7.21. The molecule has 1 fully saturated rings. The molecule has 0 bridgehead atoms. The summed E-state index contributed by atoms with van der Waals surface area (Å²) in [6.07, 6.45) is 1.71. The van der Waals surface area contributed by atoms with E-state index in [0.717, 1.165) is 25.9 Å². The normalized spacial score (nSPS) is 31.4. The quantitative estimate of drug-likeness (QED) is 0.786. The summed E-state index contributed by atoms with van der Waals surface area (Å²) < 4.78 is 6.08. The second kappa shape index (κ2) is 4.24. The molecule has 18 heavy (non-hydrogen) atoms. The number of rotatable bonds is 0. The summed E-state index contributed by atoms with van der Waals surface area (Å²) >= 11 is 1.75. The van der Waals surface area contributed by atoms with Gasteiger partial charge in [0.2, 0.25) is 0 Å². The molecule has 3 rings (SSSR count). The molecule has 3 heterocycles. The Morgan fingerprint density at radius 3 is 3.22 bits per heavy atom. The van der Waals surface area contributed by atoms with Crippen LogP contribution in [0.3, 0.4) is 0 Å². The molecule has 2 aliphatic heterocycles. The van der Waals surface area contributed by atoms with E-state index in [1.54, 1.807) is 11.3 Å². The van der Waals surface area contributed by atoms with E-state index in [4.69, 9.17) is 9.84 Å². The van der Waals surface area contributed by atoms with Crippen LogP contribution in [0.25, 0.3) is 0 Å². The number of likely N-dealkylation sites (tertiary alicyclic amines) is 1. The fourth-order valence-corrected chi connectivity index (χ4v) is 4.34. The summed E-state index contributed by atoms with van der Waals surface area (Å²) in [4.78, 5) is 14.0. The molecule has 1 amide bonds. The molecule has 4 nitrogen and oxygen atoms in total. The minimum atomic E-state index is -0.820. The average Bonchev–Trinajstić information content (AvgIpc) is 2.78. The molecular weight excluding hydrogens is 250 g/mol. The van der Waals surface area contributed by atoms with E-state index in [9.17, 15) is 4.79 Å². The van der Waals surface area contributed by atoms with E-state index < -0.39 is 6.09 Å². The van der Waals surface area contributed by atoms with Crippen LogP contribution in [0.1, 0.15) is 30.2 Å². The number of hydrogen-bond donors (Lipinski definition) is 1. The number of ether oxygens (including phenoxy) is 1. The van der Waals surface area contributed by atoms with Crippen LogP contribution < -0.4 is 0 Å². The zero-order valence-electron chi connectivity index (χ0n) is 10.4. The van der Waals surface area contributed by atoms with Gasteiger partial charge in [0.25, 0.3) is 0 Å². The number of hydrogen-bond acceptors (Lipinski definition) is 3. The third kappa shape index (κ3) is 1.73. The van der Waals surface area contributed by atoms with E-state index in [0.29, 0.717) is 6.54 Å². The van der Waals surface area contributed by atoms with Gasteiger partial charge in [-0.25, -0.2) is 4.79 Å². The van der Waals surface area contributed by atoms with E-state index in [-0.39, 0.29) is 11.6 Å². The second-order valence-electron chi connectivity index (χ2n) is 5.15. The number of thiophene rings is 1. The van der Waals surface area contributed by atoms with Gasteiger partial charge in [0.05, 0.1) is 6.61 Å². The Hall–Kier alpha value is -1.07. The average molecular weight is 267 g/mol. The Balaban J connectivity index is 1.89. The van der Waals surface area contributed by atoms with Gasteiger partial charge in [0.1, 0.15) is 5.60 Å². The van der Waals surface area contributed by atoms with Crippen molar-refractivity contribution in [3.8, 4) is 0 Å². The van der Waals surface area contributed by atoms with Crippen molar-refractivity contribution in [2.45, 2.75) is 37.8 Å². The lowest BCUT2D eigenvalue weighted by Gasteiger charge is -2.46. The summed E-state index contributed by atoms with van der Waals surface area (Å²) in [5, 5.41) is 11.3. The number of carbonyl (C=O) groups is 1. The molecule has 1 spiro atoms. The Morgan fingerprint density at radius 1 is 1.67 bits per heavy atom. The zero-order valence-corrected chi connectivity index (χ0v) is 11.2. The number of amides is 1. The Labute approximate surface area is 110 Å². The third-order valence-corrected chi connectivity index (χ3v) is 5.21. The molecule has 2 aliphatic rings. The van der Waals surface area contributed by atoms with Crippen LogP contribution in [0.2, 0.25) is 0 Å². The molecule has 1 aromatic heterocycles. The highest BCUT2D eigenvalue weighted by Gasteiger charge is 2.45. The largest absolute Gasteiger partial charge is 0.465 e. The van der Waals surface area contributed by atoms with Gasteiger partial charge < -0.3 is 14.7 Å². The van der Waals surface area contributed by atoms with Crippen LogP contribution in [0, 0.1) is 0 Å². The maximum atomic E-state index is 11.1. The predicted octanol–water partition coefficient (Wildman–Crippen LogP) is 2.68. The van der Waals surface area contributed by atoms with Crippen molar-refractivity contribution < 1.29 is 14.6 Å². The summed E-state index contributed by atoms with van der Waals surface area (Å²) in [5.41, 5.74) is 1.16. The molecule has 1 saturated heterocycles. The standard InChI is InChI=1S/C13H17NO3S/c1-9-8-13(4-5-14(9)12(15)16)11-10(2-6-17-13)3-7-18-11/h3,7,9H,2,4-6,8H2,1H3,(H,15,16)/t9-,13-/m0/s1. The van der Waals surface area contributed by atoms with E-state index in [2.05, 4.69) is 11.4 Å². The number of nitrogens with zero attached hydrogens (tertiary/aromatic N) is 1. The van der Waals surface area contributed by atoms with Gasteiger partial charge in [0.15, 0.2) is 0 Å². The van der Waals surface area contributed by atoms with Gasteiger partial charge in [0, 0.05) is 23.9 Å². The summed E-state index contributed by atoms with van der Waals surface area (Å²) in [6.45, 7) is 3.29. The molecule has 1 aromatic rings. The molecule has 0 radical (unpaired) electrons. The van der Waals surface area contributed by atoms with Gasteiger partial charge >= 0.3 is 6.09 Å². The van der Waals surface area contributed by atoms with Crippen molar-refractivity contribution in [2.75, 3.05) is 13.2 Å². The lowest BCUT2D eigenvalue weighted by atomic mass is 9.82. The zero-order chi connectivity index (χ0) is 12.8. The Kier molecular flexibility index (Phi) is 2.83. The van der Waals surface area contributed by atoms with E-state index >= 15 is 0 Å². The first kappa shape index (κ1) is 12.0. The minimum absolute atomic E-state index is 0.0179. The van der Waals surface area contributed by atoms with Gasteiger partial charge in [-0.05, 0) is 36.8 Å². The van der Waals surface area contributed by atoms with Crippen LogP contribution in [-0.2, 0) is 16.8 Å². The maximum Gasteiger partial charge on any atom is 0.407 e. The van der Waals surface area contributed by atoms with Gasteiger partial charge in [-0.2, -0.15) is 0 Å². The molecule has 2 atom stereocenters. The lowest BCUT2D eigenvalue weighted by Crippen LogP contribution is -2.51. The van der Waals surface area contributed by atoms with Crippen molar-refractivity contribution >= 4 is 17.4 Å². The first-order valence-electron chi connectivity index (χ1n) is 6.33. The van der Waals surface area contributed by atoms with Crippen molar-refractivity contribution in [1.82, 2.24) is 4.90 Å². The Morgan fingerprint density at radius 2 is 2.50 bits per heavy atom. The monoisotopic (exact) mass is 267 g/mol. The van der Waals surface area contributed by atoms with Crippen LogP contribution in [0.4, 0.5) is 4.79 Å². The summed E-state index contributed by atoms with van der Waals surface area (Å²) in [5.74, 6) is 0. The van der Waals surface area contributed by atoms with Gasteiger partial charge in [-0.3, -0.25) is 0 Å². The smallest absolute Gasteiger partial charge is 0.407 e. The molecule has 0 unspecified atom stereocenters. The van der Waals surface area contributed by atoms with Crippen LogP contribution >= 0.6 is 11.3 Å². The van der Waals surface area contributed by atoms with Crippen LogP contribution in [0.5, 0.6) is 0 Å². The molecule has 5 heteroatoms. The summed E-state index contributed by atoms with van der Waals surface area (Å²) in [6, 6.07) is 2.20. The topological polar surface area (TPSA) is 49.8 Å². The highest BCUT2D eigenvalue weighted by Crippen LogP contribution is 2.45. The highest BCUT2D eigenvalue weighted by molar-refractivity contribution is 7.10. The van der Waals surface area contributed by atoms with Gasteiger partial charge in [-0.1, -0.05) is 0 Å². The third-order valence-electron chi connectivity index (χ3n) is 4.07. The predicted molar refractivity (Wildman–Crippen MR) is 69.1 cm³/mol. The first-order chi connectivity index (χ1) is 8.62. The lowest BCUT2D eigenvalue weighted by molar-refractivity contribution is -0.104. The maximum absolute atomic E-state index is 11.1. The van der Waals surface area contributed by atoms with E-state index in [1.165, 1.54) is 15.3 Å². The SMILES string of the molecule is C[C@H]1C[C@]2(CCN1C(=O)O)OCCc1ccsc12. The van der Waals surface area contributed by atoms with E-state index in [1.807, 2.05) is 6.92 Å². The minimum Gasteiger partial charge on any atom is -0.465 e. The number of carboxylic acid groups (broad SMARTS) is 1. The highest BCUT2D eigenvalue weighted by atomic mass is 32.1. The molecule has 0 saturated carbocycles. The fraction of sp³-hybridized carbons (Fsp3) is 0.615. The second-order valence-corrected chi connectivity index (χ2v) is 6.06. The number of fused-ring (bicyclic) bond motifs is 2. The van der Waals surface area contributed by atoms with Crippen LogP contribution in [-0.4, -0.2) is 35.3 Å². The molecule has 98 valence electrons. The van der Waals surface area contributed by atoms with Crippen molar-refractivity contribution in [3.05, 3.63) is 21.9 Å². The van der Waals surface area contributed by atoms with Crippen molar-refractivity contribution in [1.29, 1.82) is 0 Å². The molecule has 0 aromatic carbocycles. The number of piperidine rings is 1. The van der Waals surface area contributed by atoms with Crippen LogP contribution in [0.15, 0.2) is 11.4 Å². The molecular formula is C13H17NO3S.